The Morgan fingerprint density at radius 2 is 1.48 bits per heavy atom. The fourth-order valence-corrected chi connectivity index (χ4v) is 5.83. The summed E-state index contributed by atoms with van der Waals surface area (Å²) in [6.45, 7) is 21.0. The number of aryl methyl sites for hydroxylation is 3. The van der Waals surface area contributed by atoms with Crippen molar-refractivity contribution in [2.24, 2.45) is 0 Å². The van der Waals surface area contributed by atoms with E-state index in [1.165, 1.54) is 55.6 Å². The molecule has 0 saturated carbocycles. The van der Waals surface area contributed by atoms with E-state index >= 15 is 0 Å². The highest BCUT2D eigenvalue weighted by Crippen LogP contribution is 2.38. The number of benzene rings is 5. The van der Waals surface area contributed by atoms with Crippen LogP contribution in [0.25, 0.3) is 51.6 Å². The molecule has 1 heteroatoms. The molecular formula is C45H45N. The molecular weight excluding hydrogens is 555 g/mol. The largest absolute Gasteiger partial charge is 0.192 e. The summed E-state index contributed by atoms with van der Waals surface area (Å²) in [7, 11) is 0. The molecule has 5 rings (SSSR count). The highest BCUT2D eigenvalue weighted by Gasteiger charge is 2.14. The average molecular weight is 600 g/mol. The first kappa shape index (κ1) is 33.7. The molecule has 46 heavy (non-hydrogen) atoms. The van der Waals surface area contributed by atoms with Crippen molar-refractivity contribution in [1.29, 1.82) is 5.26 Å². The Kier molecular flexibility index (Phi) is 11.5. The predicted molar refractivity (Wildman–Crippen MR) is 201 cm³/mol. The molecule has 0 aromatic heterocycles. The average Bonchev–Trinajstić information content (AvgIpc) is 3.09. The van der Waals surface area contributed by atoms with E-state index in [9.17, 15) is 5.26 Å². The molecule has 0 saturated heterocycles. The second-order valence-electron chi connectivity index (χ2n) is 11.6. The minimum Gasteiger partial charge on any atom is -0.192 e. The van der Waals surface area contributed by atoms with Gasteiger partial charge in [0.1, 0.15) is 0 Å². The molecule has 0 aliphatic carbocycles. The Balaban J connectivity index is 0.00000235. The molecule has 0 amide bonds. The Bertz CT molecular complexity index is 2030. The Labute approximate surface area is 276 Å². The number of rotatable bonds is 8. The van der Waals surface area contributed by atoms with E-state index in [1.807, 2.05) is 38.1 Å². The minimum absolute atomic E-state index is 0.670. The first-order valence-corrected chi connectivity index (χ1v) is 16.2. The molecule has 0 N–H and O–H groups in total. The van der Waals surface area contributed by atoms with Gasteiger partial charge in [0.2, 0.25) is 0 Å². The second-order valence-corrected chi connectivity index (χ2v) is 11.6. The Hall–Kier alpha value is -5.19. The van der Waals surface area contributed by atoms with Gasteiger partial charge in [-0.25, -0.2) is 0 Å². The maximum absolute atomic E-state index is 9.32. The van der Waals surface area contributed by atoms with Gasteiger partial charge in [-0.3, -0.25) is 0 Å². The summed E-state index contributed by atoms with van der Waals surface area (Å²) < 4.78 is 0. The normalized spacial score (nSPS) is 11.4. The van der Waals surface area contributed by atoms with Crippen LogP contribution in [0.15, 0.2) is 116 Å². The van der Waals surface area contributed by atoms with Crippen molar-refractivity contribution < 1.29 is 0 Å². The van der Waals surface area contributed by atoms with Gasteiger partial charge in [0, 0.05) is 0 Å². The van der Waals surface area contributed by atoms with Crippen LogP contribution in [0.5, 0.6) is 0 Å². The molecule has 0 aliphatic rings. The fraction of sp³-hybridized carbons (Fsp3) is 0.178. The first-order valence-electron chi connectivity index (χ1n) is 16.2. The van der Waals surface area contributed by atoms with Crippen molar-refractivity contribution in [1.82, 2.24) is 0 Å². The van der Waals surface area contributed by atoms with Crippen LogP contribution in [0.3, 0.4) is 0 Å². The summed E-state index contributed by atoms with van der Waals surface area (Å²) in [6, 6.07) is 36.4. The van der Waals surface area contributed by atoms with Crippen LogP contribution in [0.2, 0.25) is 0 Å². The number of nitriles is 1. The van der Waals surface area contributed by atoms with E-state index < -0.39 is 0 Å². The Morgan fingerprint density at radius 1 is 0.761 bits per heavy atom. The molecule has 5 aromatic carbocycles. The molecule has 230 valence electrons. The zero-order chi connectivity index (χ0) is 33.2. The monoisotopic (exact) mass is 599 g/mol. The van der Waals surface area contributed by atoms with Crippen LogP contribution in [0.1, 0.15) is 60.6 Å². The molecule has 0 bridgehead atoms. The molecule has 0 unspecified atom stereocenters. The zero-order valence-electron chi connectivity index (χ0n) is 28.2. The van der Waals surface area contributed by atoms with Gasteiger partial charge in [0.25, 0.3) is 0 Å². The highest BCUT2D eigenvalue weighted by molar-refractivity contribution is 5.89. The lowest BCUT2D eigenvalue weighted by Crippen LogP contribution is -2.26. The van der Waals surface area contributed by atoms with Crippen LogP contribution < -0.4 is 10.4 Å². The second kappa shape index (κ2) is 15.7. The molecule has 0 atom stereocenters. The van der Waals surface area contributed by atoms with Gasteiger partial charge in [0.15, 0.2) is 0 Å². The smallest absolute Gasteiger partial charge is 0.0991 e. The van der Waals surface area contributed by atoms with Gasteiger partial charge in [-0.2, -0.15) is 5.26 Å². The van der Waals surface area contributed by atoms with E-state index in [0.717, 1.165) is 34.4 Å². The number of nitrogens with zero attached hydrogens (tertiary/aromatic N) is 1. The third-order valence-electron chi connectivity index (χ3n) is 8.63. The lowest BCUT2D eigenvalue weighted by atomic mass is 9.87. The number of hydrogen-bond donors (Lipinski definition) is 0. The predicted octanol–water partition coefficient (Wildman–Crippen LogP) is 10.9. The van der Waals surface area contributed by atoms with E-state index in [-0.39, 0.29) is 0 Å². The zero-order valence-corrected chi connectivity index (χ0v) is 28.2. The summed E-state index contributed by atoms with van der Waals surface area (Å²) >= 11 is 0. The van der Waals surface area contributed by atoms with Gasteiger partial charge in [0.05, 0.1) is 11.6 Å². The van der Waals surface area contributed by atoms with Crippen molar-refractivity contribution in [3.05, 3.63) is 160 Å². The van der Waals surface area contributed by atoms with Crippen LogP contribution >= 0.6 is 0 Å². The Morgan fingerprint density at radius 3 is 2.20 bits per heavy atom. The molecule has 0 fully saturated rings. The van der Waals surface area contributed by atoms with E-state index in [4.69, 9.17) is 0 Å². The van der Waals surface area contributed by atoms with Gasteiger partial charge < -0.3 is 0 Å². The quantitative estimate of drug-likeness (QED) is 0.163. The van der Waals surface area contributed by atoms with Gasteiger partial charge in [-0.1, -0.05) is 118 Å². The third kappa shape index (κ3) is 7.53. The molecule has 1 nitrogen and oxygen atoms in total. The van der Waals surface area contributed by atoms with E-state index in [1.54, 1.807) is 0 Å². The summed E-state index contributed by atoms with van der Waals surface area (Å²) in [5.41, 5.74) is 15.2. The summed E-state index contributed by atoms with van der Waals surface area (Å²) in [5.74, 6) is 0. The fourth-order valence-electron chi connectivity index (χ4n) is 5.83. The van der Waals surface area contributed by atoms with Crippen LogP contribution in [-0.2, 0) is 6.42 Å². The van der Waals surface area contributed by atoms with Crippen molar-refractivity contribution in [3.63, 3.8) is 0 Å². The number of hydrogen-bond acceptors (Lipinski definition) is 1. The van der Waals surface area contributed by atoms with Crippen LogP contribution in [-0.4, -0.2) is 0 Å². The molecule has 0 heterocycles. The molecule has 5 aromatic rings. The highest BCUT2D eigenvalue weighted by atomic mass is 14.2. The lowest BCUT2D eigenvalue weighted by molar-refractivity contribution is 0.984. The minimum atomic E-state index is 0.670. The molecule has 0 spiro atoms. The van der Waals surface area contributed by atoms with Gasteiger partial charge in [-0.05, 0) is 136 Å². The summed E-state index contributed by atoms with van der Waals surface area (Å²) in [6.07, 6.45) is 8.34. The first-order chi connectivity index (χ1) is 22.3. The van der Waals surface area contributed by atoms with Crippen molar-refractivity contribution in [2.45, 2.75) is 54.4 Å². The van der Waals surface area contributed by atoms with E-state index in [0.29, 0.717) is 5.56 Å². The van der Waals surface area contributed by atoms with Crippen molar-refractivity contribution in [3.8, 4) is 39.4 Å². The third-order valence-corrected chi connectivity index (χ3v) is 8.63. The lowest BCUT2D eigenvalue weighted by Gasteiger charge is -2.17. The van der Waals surface area contributed by atoms with Crippen LogP contribution in [0.4, 0.5) is 0 Å². The van der Waals surface area contributed by atoms with Crippen molar-refractivity contribution in [2.75, 3.05) is 0 Å². The standard InChI is InChI=1S/C43H39N.C2H6/c1-7-8-13-35-20-21-36(33(6)32(35)5)18-16-29(2)39-19-17-30(3)42(27-39)43-31(4)11-9-15-41(43)38-24-22-37(23-25-38)40-14-10-12-34(26-40)28-44;1-2/h7,9-12,14-27H,1,6,8,13H2,2-5H3;1-2H3/b29-16+,36-18-;. The maximum Gasteiger partial charge on any atom is 0.0991 e. The molecule has 0 aliphatic heterocycles. The van der Waals surface area contributed by atoms with Crippen molar-refractivity contribution >= 4 is 18.2 Å². The topological polar surface area (TPSA) is 23.8 Å². The maximum atomic E-state index is 9.32. The summed E-state index contributed by atoms with van der Waals surface area (Å²) in [5, 5.41) is 11.6. The van der Waals surface area contributed by atoms with Crippen LogP contribution in [0, 0.1) is 32.1 Å². The molecule has 0 radical (unpaired) electrons. The van der Waals surface area contributed by atoms with Gasteiger partial charge >= 0.3 is 0 Å². The number of allylic oxidation sites excluding steroid dienone is 3. The van der Waals surface area contributed by atoms with Gasteiger partial charge in [-0.15, -0.1) is 6.58 Å². The summed E-state index contributed by atoms with van der Waals surface area (Å²) in [4.78, 5) is 0. The SMILES string of the molecule is C=CCCc1cc/c(=C/C=C(\C)c2ccc(C)c(-c3c(C)cccc3-c3ccc(-c4cccc(C#N)c4)cc3)c2)c(=C)c1C.CC. The van der Waals surface area contributed by atoms with E-state index in [2.05, 4.69) is 138 Å².